The minimum atomic E-state index is 0.401. The average Bonchev–Trinajstić information content (AvgIpc) is 2.32. The van der Waals surface area contributed by atoms with Gasteiger partial charge < -0.3 is 5.11 Å². The first-order valence-electron chi connectivity index (χ1n) is 6.60. The molecule has 96 valence electrons. The number of rotatable bonds is 8. The SMILES string of the molecule is CCCCCCCSCc1ccc(O)c(C)c1. The van der Waals surface area contributed by atoms with Crippen LogP contribution in [0.15, 0.2) is 18.2 Å². The zero-order chi connectivity index (χ0) is 12.5. The van der Waals surface area contributed by atoms with Gasteiger partial charge in [0.2, 0.25) is 0 Å². The number of unbranched alkanes of at least 4 members (excludes halogenated alkanes) is 4. The van der Waals surface area contributed by atoms with Crippen LogP contribution in [0.4, 0.5) is 0 Å². The highest BCUT2D eigenvalue weighted by Gasteiger charge is 1.98. The Labute approximate surface area is 110 Å². The molecule has 0 fully saturated rings. The lowest BCUT2D eigenvalue weighted by Gasteiger charge is -2.04. The van der Waals surface area contributed by atoms with Crippen LogP contribution in [-0.2, 0) is 5.75 Å². The first-order chi connectivity index (χ1) is 8.24. The Hall–Kier alpha value is -0.630. The van der Waals surface area contributed by atoms with Crippen LogP contribution in [0.1, 0.15) is 50.2 Å². The zero-order valence-electron chi connectivity index (χ0n) is 11.0. The van der Waals surface area contributed by atoms with Gasteiger partial charge in [0, 0.05) is 5.75 Å². The summed E-state index contributed by atoms with van der Waals surface area (Å²) in [4.78, 5) is 0. The van der Waals surface area contributed by atoms with Crippen molar-refractivity contribution in [3.05, 3.63) is 29.3 Å². The molecule has 1 rings (SSSR count). The Morgan fingerprint density at radius 1 is 1.12 bits per heavy atom. The fourth-order valence-corrected chi connectivity index (χ4v) is 2.77. The van der Waals surface area contributed by atoms with Gasteiger partial charge in [0.15, 0.2) is 0 Å². The third-order valence-electron chi connectivity index (χ3n) is 2.92. The molecule has 0 unspecified atom stereocenters. The minimum absolute atomic E-state index is 0.401. The number of aromatic hydroxyl groups is 1. The Kier molecular flexibility index (Phi) is 7.18. The fraction of sp³-hybridized carbons (Fsp3) is 0.600. The van der Waals surface area contributed by atoms with Crippen molar-refractivity contribution >= 4 is 11.8 Å². The number of phenols is 1. The molecule has 0 saturated heterocycles. The van der Waals surface area contributed by atoms with Crippen molar-refractivity contribution in [1.29, 1.82) is 0 Å². The highest BCUT2D eigenvalue weighted by atomic mass is 32.2. The maximum absolute atomic E-state index is 9.43. The van der Waals surface area contributed by atoms with E-state index in [-0.39, 0.29) is 0 Å². The number of hydrogen-bond acceptors (Lipinski definition) is 2. The highest BCUT2D eigenvalue weighted by Crippen LogP contribution is 2.21. The standard InChI is InChI=1S/C15H24OS/c1-3-4-5-6-7-10-17-12-14-8-9-15(16)13(2)11-14/h8-9,11,16H,3-7,10,12H2,1-2H3. The lowest BCUT2D eigenvalue weighted by molar-refractivity contribution is 0.471. The molecule has 0 saturated carbocycles. The molecule has 0 radical (unpaired) electrons. The molecule has 1 aromatic carbocycles. The largest absolute Gasteiger partial charge is 0.508 e. The molecule has 0 bridgehead atoms. The van der Waals surface area contributed by atoms with E-state index in [1.165, 1.54) is 43.4 Å². The summed E-state index contributed by atoms with van der Waals surface area (Å²) in [6, 6.07) is 5.90. The van der Waals surface area contributed by atoms with Gasteiger partial charge in [0.25, 0.3) is 0 Å². The van der Waals surface area contributed by atoms with E-state index in [9.17, 15) is 5.11 Å². The molecule has 0 atom stereocenters. The van der Waals surface area contributed by atoms with Gasteiger partial charge in [0.05, 0.1) is 0 Å². The third-order valence-corrected chi connectivity index (χ3v) is 4.04. The van der Waals surface area contributed by atoms with Gasteiger partial charge in [-0.1, -0.05) is 44.7 Å². The van der Waals surface area contributed by atoms with Crippen LogP contribution >= 0.6 is 11.8 Å². The van der Waals surface area contributed by atoms with E-state index in [1.54, 1.807) is 6.07 Å². The quantitative estimate of drug-likeness (QED) is 0.664. The summed E-state index contributed by atoms with van der Waals surface area (Å²) in [5, 5.41) is 9.43. The van der Waals surface area contributed by atoms with E-state index in [0.29, 0.717) is 5.75 Å². The number of hydrogen-bond donors (Lipinski definition) is 1. The van der Waals surface area contributed by atoms with Crippen molar-refractivity contribution in [3.8, 4) is 5.75 Å². The van der Waals surface area contributed by atoms with Gasteiger partial charge >= 0.3 is 0 Å². The Morgan fingerprint density at radius 2 is 1.88 bits per heavy atom. The molecule has 2 heteroatoms. The first-order valence-corrected chi connectivity index (χ1v) is 7.75. The van der Waals surface area contributed by atoms with Crippen LogP contribution in [0.2, 0.25) is 0 Å². The summed E-state index contributed by atoms with van der Waals surface area (Å²) in [6.07, 6.45) is 6.79. The number of phenolic OH excluding ortho intramolecular Hbond substituents is 1. The zero-order valence-corrected chi connectivity index (χ0v) is 11.9. The van der Waals surface area contributed by atoms with Crippen LogP contribution < -0.4 is 0 Å². The van der Waals surface area contributed by atoms with Crippen LogP contribution in [0.25, 0.3) is 0 Å². The fourth-order valence-electron chi connectivity index (χ4n) is 1.81. The molecule has 0 aromatic heterocycles. The molecule has 0 aliphatic carbocycles. The van der Waals surface area contributed by atoms with Crippen molar-refractivity contribution in [2.75, 3.05) is 5.75 Å². The normalized spacial score (nSPS) is 10.7. The molecule has 1 nitrogen and oxygen atoms in total. The predicted octanol–water partition coefficient (Wildman–Crippen LogP) is 4.90. The van der Waals surface area contributed by atoms with E-state index < -0.39 is 0 Å². The second kappa shape index (κ2) is 8.46. The molecule has 1 aromatic rings. The summed E-state index contributed by atoms with van der Waals surface area (Å²) in [7, 11) is 0. The third kappa shape index (κ3) is 6.02. The molecule has 0 spiro atoms. The van der Waals surface area contributed by atoms with E-state index >= 15 is 0 Å². The summed E-state index contributed by atoms with van der Waals surface area (Å²) >= 11 is 2.00. The average molecular weight is 252 g/mol. The lowest BCUT2D eigenvalue weighted by atomic mass is 10.1. The predicted molar refractivity (Wildman–Crippen MR) is 77.8 cm³/mol. The number of aryl methyl sites for hydroxylation is 1. The van der Waals surface area contributed by atoms with Crippen LogP contribution in [0, 0.1) is 6.92 Å². The van der Waals surface area contributed by atoms with Crippen molar-refractivity contribution < 1.29 is 5.11 Å². The summed E-state index contributed by atoms with van der Waals surface area (Å²) in [5.74, 6) is 2.72. The van der Waals surface area contributed by atoms with E-state index in [2.05, 4.69) is 13.0 Å². The first kappa shape index (κ1) is 14.4. The van der Waals surface area contributed by atoms with Crippen LogP contribution in [-0.4, -0.2) is 10.9 Å². The second-order valence-corrected chi connectivity index (χ2v) is 5.69. The van der Waals surface area contributed by atoms with Crippen molar-refractivity contribution in [3.63, 3.8) is 0 Å². The maximum Gasteiger partial charge on any atom is 0.118 e. The van der Waals surface area contributed by atoms with Crippen LogP contribution in [0.3, 0.4) is 0 Å². The molecule has 17 heavy (non-hydrogen) atoms. The van der Waals surface area contributed by atoms with E-state index in [4.69, 9.17) is 0 Å². The smallest absolute Gasteiger partial charge is 0.118 e. The Bertz CT molecular complexity index is 323. The molecule has 1 N–H and O–H groups in total. The highest BCUT2D eigenvalue weighted by molar-refractivity contribution is 7.98. The summed E-state index contributed by atoms with van der Waals surface area (Å²) in [5.41, 5.74) is 2.30. The summed E-state index contributed by atoms with van der Waals surface area (Å²) < 4.78 is 0. The van der Waals surface area contributed by atoms with Crippen molar-refractivity contribution in [2.45, 2.75) is 51.7 Å². The van der Waals surface area contributed by atoms with Crippen LogP contribution in [0.5, 0.6) is 5.75 Å². The van der Waals surface area contributed by atoms with E-state index in [0.717, 1.165) is 11.3 Å². The van der Waals surface area contributed by atoms with Gasteiger partial charge in [-0.15, -0.1) is 0 Å². The van der Waals surface area contributed by atoms with Crippen molar-refractivity contribution in [1.82, 2.24) is 0 Å². The maximum atomic E-state index is 9.43. The Balaban J connectivity index is 2.11. The molecule has 0 aliphatic heterocycles. The summed E-state index contributed by atoms with van der Waals surface area (Å²) in [6.45, 7) is 4.20. The topological polar surface area (TPSA) is 20.2 Å². The van der Waals surface area contributed by atoms with Gasteiger partial charge in [-0.25, -0.2) is 0 Å². The van der Waals surface area contributed by atoms with Gasteiger partial charge in [-0.2, -0.15) is 11.8 Å². The van der Waals surface area contributed by atoms with Gasteiger partial charge in [-0.3, -0.25) is 0 Å². The van der Waals surface area contributed by atoms with Gasteiger partial charge in [0.1, 0.15) is 5.75 Å². The van der Waals surface area contributed by atoms with Crippen molar-refractivity contribution in [2.24, 2.45) is 0 Å². The monoisotopic (exact) mass is 252 g/mol. The van der Waals surface area contributed by atoms with E-state index in [1.807, 2.05) is 24.8 Å². The molecular formula is C15H24OS. The minimum Gasteiger partial charge on any atom is -0.508 e. The molecule has 0 amide bonds. The molecular weight excluding hydrogens is 228 g/mol. The number of thioether (sulfide) groups is 1. The Morgan fingerprint density at radius 3 is 2.59 bits per heavy atom. The lowest BCUT2D eigenvalue weighted by Crippen LogP contribution is -1.86. The number of benzene rings is 1. The molecule has 0 heterocycles. The molecule has 0 aliphatic rings. The second-order valence-electron chi connectivity index (χ2n) is 4.59. The van der Waals surface area contributed by atoms with Gasteiger partial charge in [-0.05, 0) is 36.3 Å².